The highest BCUT2D eigenvalue weighted by Gasteiger charge is 2.15. The monoisotopic (exact) mass is 316 g/mol. The van der Waals surface area contributed by atoms with Gasteiger partial charge in [0.05, 0.1) is 7.11 Å². The van der Waals surface area contributed by atoms with Crippen LogP contribution in [0.5, 0.6) is 0 Å². The Balaban J connectivity index is 3.51. The summed E-state index contributed by atoms with van der Waals surface area (Å²) in [5.74, 6) is -0.332. The van der Waals surface area contributed by atoms with Crippen LogP contribution in [0.3, 0.4) is 0 Å². The SMILES string of the molecule is COC(=O)CCCCCNC(=O)CCNC(=O)OC(C)(C)C. The Bertz CT molecular complexity index is 363. The molecule has 0 unspecified atom stereocenters. The molecule has 0 aliphatic rings. The van der Waals surface area contributed by atoms with Gasteiger partial charge in [-0.15, -0.1) is 0 Å². The molecule has 0 radical (unpaired) electrons. The van der Waals surface area contributed by atoms with Crippen molar-refractivity contribution in [2.45, 2.75) is 58.5 Å². The number of ether oxygens (including phenoxy) is 2. The van der Waals surface area contributed by atoms with E-state index in [1.54, 1.807) is 20.8 Å². The molecule has 0 bridgehead atoms. The fourth-order valence-electron chi connectivity index (χ4n) is 1.58. The molecule has 7 heteroatoms. The maximum Gasteiger partial charge on any atom is 0.407 e. The average molecular weight is 316 g/mol. The Labute approximate surface area is 132 Å². The van der Waals surface area contributed by atoms with E-state index in [1.165, 1.54) is 7.11 Å². The molecule has 0 atom stereocenters. The molecule has 2 amide bonds. The lowest BCUT2D eigenvalue weighted by molar-refractivity contribution is -0.140. The summed E-state index contributed by atoms with van der Waals surface area (Å²) >= 11 is 0. The van der Waals surface area contributed by atoms with Gasteiger partial charge in [-0.25, -0.2) is 4.79 Å². The minimum absolute atomic E-state index is 0.121. The zero-order valence-corrected chi connectivity index (χ0v) is 14.0. The first-order valence-electron chi connectivity index (χ1n) is 7.55. The Morgan fingerprint density at radius 2 is 1.59 bits per heavy atom. The molecule has 0 saturated heterocycles. The minimum atomic E-state index is -0.545. The molecule has 128 valence electrons. The number of hydrogen-bond acceptors (Lipinski definition) is 5. The number of unbranched alkanes of at least 4 members (excludes halogenated alkanes) is 2. The van der Waals surface area contributed by atoms with Crippen molar-refractivity contribution in [3.63, 3.8) is 0 Å². The van der Waals surface area contributed by atoms with Crippen LogP contribution in [0.15, 0.2) is 0 Å². The van der Waals surface area contributed by atoms with Crippen molar-refractivity contribution in [2.75, 3.05) is 20.2 Å². The minimum Gasteiger partial charge on any atom is -0.469 e. The number of esters is 1. The van der Waals surface area contributed by atoms with Gasteiger partial charge in [-0.1, -0.05) is 6.42 Å². The van der Waals surface area contributed by atoms with Crippen molar-refractivity contribution in [1.82, 2.24) is 10.6 Å². The molecule has 0 aliphatic carbocycles. The van der Waals surface area contributed by atoms with E-state index in [-0.39, 0.29) is 24.8 Å². The molecule has 0 spiro atoms. The maximum absolute atomic E-state index is 11.5. The van der Waals surface area contributed by atoms with Crippen molar-refractivity contribution < 1.29 is 23.9 Å². The molecule has 0 aliphatic heterocycles. The maximum atomic E-state index is 11.5. The average Bonchev–Trinajstić information content (AvgIpc) is 2.40. The zero-order valence-electron chi connectivity index (χ0n) is 14.0. The third kappa shape index (κ3) is 13.2. The van der Waals surface area contributed by atoms with Gasteiger partial charge in [-0.2, -0.15) is 0 Å². The summed E-state index contributed by atoms with van der Waals surface area (Å²) in [6, 6.07) is 0. The fourth-order valence-corrected chi connectivity index (χ4v) is 1.58. The van der Waals surface area contributed by atoms with Crippen LogP contribution >= 0.6 is 0 Å². The van der Waals surface area contributed by atoms with E-state index in [0.717, 1.165) is 19.3 Å². The number of carbonyl (C=O) groups is 3. The van der Waals surface area contributed by atoms with Gasteiger partial charge >= 0.3 is 12.1 Å². The van der Waals surface area contributed by atoms with Gasteiger partial charge in [0.2, 0.25) is 5.91 Å². The fraction of sp³-hybridized carbons (Fsp3) is 0.800. The number of rotatable bonds is 9. The molecular formula is C15H28N2O5. The summed E-state index contributed by atoms with van der Waals surface area (Å²) in [5.41, 5.74) is -0.545. The summed E-state index contributed by atoms with van der Waals surface area (Å²) in [7, 11) is 1.37. The summed E-state index contributed by atoms with van der Waals surface area (Å²) in [4.78, 5) is 33.7. The highest BCUT2D eigenvalue weighted by atomic mass is 16.6. The van der Waals surface area contributed by atoms with E-state index in [2.05, 4.69) is 15.4 Å². The Morgan fingerprint density at radius 3 is 2.18 bits per heavy atom. The van der Waals surface area contributed by atoms with Crippen LogP contribution in [0, 0.1) is 0 Å². The first-order valence-corrected chi connectivity index (χ1v) is 7.55. The smallest absolute Gasteiger partial charge is 0.407 e. The quantitative estimate of drug-likeness (QED) is 0.499. The van der Waals surface area contributed by atoms with Crippen molar-refractivity contribution >= 4 is 18.0 Å². The molecular weight excluding hydrogens is 288 g/mol. The van der Waals surface area contributed by atoms with Gasteiger partial charge < -0.3 is 20.1 Å². The van der Waals surface area contributed by atoms with Crippen LogP contribution in [-0.4, -0.2) is 43.8 Å². The molecule has 0 fully saturated rings. The lowest BCUT2D eigenvalue weighted by Crippen LogP contribution is -2.35. The van der Waals surface area contributed by atoms with Gasteiger partial charge in [0.15, 0.2) is 0 Å². The molecule has 0 aromatic rings. The second kappa shape index (κ2) is 10.9. The number of alkyl carbamates (subject to hydrolysis) is 1. The van der Waals surface area contributed by atoms with Gasteiger partial charge in [0, 0.05) is 25.9 Å². The summed E-state index contributed by atoms with van der Waals surface area (Å²) in [6.45, 7) is 6.13. The first-order chi connectivity index (χ1) is 10.2. The number of nitrogens with one attached hydrogen (secondary N) is 2. The van der Waals surface area contributed by atoms with Crippen LogP contribution in [0.1, 0.15) is 52.9 Å². The number of methoxy groups -OCH3 is 1. The third-order valence-corrected chi connectivity index (χ3v) is 2.63. The van der Waals surface area contributed by atoms with Gasteiger partial charge in [0.1, 0.15) is 5.60 Å². The van der Waals surface area contributed by atoms with E-state index in [0.29, 0.717) is 13.0 Å². The highest BCUT2D eigenvalue weighted by Crippen LogP contribution is 2.06. The molecule has 0 heterocycles. The topological polar surface area (TPSA) is 93.7 Å². The predicted molar refractivity (Wildman–Crippen MR) is 82.3 cm³/mol. The van der Waals surface area contributed by atoms with E-state index in [9.17, 15) is 14.4 Å². The number of amides is 2. The molecule has 0 aromatic heterocycles. The summed E-state index contributed by atoms with van der Waals surface area (Å²) in [6.07, 6.45) is 2.51. The lowest BCUT2D eigenvalue weighted by atomic mass is 10.2. The Morgan fingerprint density at radius 1 is 0.909 bits per heavy atom. The normalized spacial score (nSPS) is 10.7. The van der Waals surface area contributed by atoms with Crippen LogP contribution in [0.25, 0.3) is 0 Å². The highest BCUT2D eigenvalue weighted by molar-refractivity contribution is 5.77. The van der Waals surface area contributed by atoms with Crippen LogP contribution < -0.4 is 10.6 Å². The molecule has 0 aromatic carbocycles. The van der Waals surface area contributed by atoms with E-state index < -0.39 is 11.7 Å². The van der Waals surface area contributed by atoms with Gasteiger partial charge in [-0.3, -0.25) is 9.59 Å². The second-order valence-corrected chi connectivity index (χ2v) is 5.92. The largest absolute Gasteiger partial charge is 0.469 e. The van der Waals surface area contributed by atoms with Crippen molar-refractivity contribution in [2.24, 2.45) is 0 Å². The van der Waals surface area contributed by atoms with Crippen LogP contribution in [-0.2, 0) is 19.1 Å². The molecule has 0 saturated carbocycles. The van der Waals surface area contributed by atoms with E-state index >= 15 is 0 Å². The summed E-state index contributed by atoms with van der Waals surface area (Å²) in [5, 5.41) is 5.29. The van der Waals surface area contributed by atoms with Crippen molar-refractivity contribution in [3.05, 3.63) is 0 Å². The molecule has 7 nitrogen and oxygen atoms in total. The Kier molecular flexibility index (Phi) is 9.98. The lowest BCUT2D eigenvalue weighted by Gasteiger charge is -2.19. The van der Waals surface area contributed by atoms with E-state index in [1.807, 2.05) is 0 Å². The zero-order chi connectivity index (χ0) is 17.0. The molecule has 22 heavy (non-hydrogen) atoms. The first kappa shape index (κ1) is 20.2. The number of hydrogen-bond donors (Lipinski definition) is 2. The molecule has 0 rings (SSSR count). The van der Waals surface area contributed by atoms with Gasteiger partial charge in [0.25, 0.3) is 0 Å². The van der Waals surface area contributed by atoms with Gasteiger partial charge in [-0.05, 0) is 33.6 Å². The number of carbonyl (C=O) groups excluding carboxylic acids is 3. The van der Waals surface area contributed by atoms with E-state index in [4.69, 9.17) is 4.74 Å². The third-order valence-electron chi connectivity index (χ3n) is 2.63. The molecule has 2 N–H and O–H groups in total. The Hall–Kier alpha value is -1.79. The van der Waals surface area contributed by atoms with Crippen molar-refractivity contribution in [3.8, 4) is 0 Å². The van der Waals surface area contributed by atoms with Crippen LogP contribution in [0.4, 0.5) is 4.79 Å². The summed E-state index contributed by atoms with van der Waals surface area (Å²) < 4.78 is 9.59. The standard InChI is InChI=1S/C15H28N2O5/c1-15(2,3)22-14(20)17-11-9-12(18)16-10-7-5-6-8-13(19)21-4/h5-11H2,1-4H3,(H,16,18)(H,17,20). The van der Waals surface area contributed by atoms with Crippen molar-refractivity contribution in [1.29, 1.82) is 0 Å². The predicted octanol–water partition coefficient (Wildman–Crippen LogP) is 1.75. The van der Waals surface area contributed by atoms with Crippen LogP contribution in [0.2, 0.25) is 0 Å². The second-order valence-electron chi connectivity index (χ2n) is 5.92.